The molecule has 1 N–H and O–H groups in total. The van der Waals surface area contributed by atoms with Crippen LogP contribution in [0.1, 0.15) is 36.3 Å². The van der Waals surface area contributed by atoms with Crippen LogP contribution < -0.4 is 5.32 Å². The number of nitrogens with one attached hydrogen (secondary N) is 1. The number of hydrogen-bond donors (Lipinski definition) is 1. The van der Waals surface area contributed by atoms with Crippen molar-refractivity contribution in [1.29, 1.82) is 0 Å². The van der Waals surface area contributed by atoms with Crippen molar-refractivity contribution in [2.75, 3.05) is 32.7 Å². The third-order valence-electron chi connectivity index (χ3n) is 6.21. The molecular weight excluding hydrogens is 244 g/mol. The number of fused-ring (bicyclic) bond motifs is 2. The largest absolute Gasteiger partial charge is 0.316 e. The van der Waals surface area contributed by atoms with Crippen LogP contribution >= 0.6 is 0 Å². The minimum Gasteiger partial charge on any atom is -0.316 e. The fraction of sp³-hybridized carbons (Fsp3) is 0.667. The van der Waals surface area contributed by atoms with Gasteiger partial charge in [-0.25, -0.2) is 0 Å². The lowest BCUT2D eigenvalue weighted by Gasteiger charge is -2.59. The Morgan fingerprint density at radius 2 is 1.90 bits per heavy atom. The maximum atomic E-state index is 3.66. The standard InChI is InChI=1S/C18H26N2/c1-14-2-4-15(5-3-14)17-12-19-9-8-18(17)13-20-10-6-16(18)7-11-20/h2-5,16-17,19H,6-13H2,1H3. The summed E-state index contributed by atoms with van der Waals surface area (Å²) in [6.07, 6.45) is 4.23. The predicted molar refractivity (Wildman–Crippen MR) is 83.0 cm³/mol. The summed E-state index contributed by atoms with van der Waals surface area (Å²) >= 11 is 0. The average Bonchev–Trinajstić information content (AvgIpc) is 2.50. The summed E-state index contributed by atoms with van der Waals surface area (Å²) in [5.74, 6) is 1.67. The summed E-state index contributed by atoms with van der Waals surface area (Å²) in [5.41, 5.74) is 3.49. The van der Waals surface area contributed by atoms with Gasteiger partial charge in [-0.15, -0.1) is 0 Å². The molecule has 20 heavy (non-hydrogen) atoms. The van der Waals surface area contributed by atoms with Gasteiger partial charge in [0.15, 0.2) is 0 Å². The minimum atomic E-state index is 0.553. The van der Waals surface area contributed by atoms with Crippen LogP contribution in [0, 0.1) is 18.3 Å². The molecule has 108 valence electrons. The average molecular weight is 270 g/mol. The molecule has 0 amide bonds. The summed E-state index contributed by atoms with van der Waals surface area (Å²) < 4.78 is 0. The van der Waals surface area contributed by atoms with Crippen molar-refractivity contribution >= 4 is 0 Å². The summed E-state index contributed by atoms with van der Waals surface area (Å²) in [4.78, 5) is 2.73. The van der Waals surface area contributed by atoms with Crippen LogP contribution in [0.4, 0.5) is 0 Å². The van der Waals surface area contributed by atoms with Gasteiger partial charge in [-0.05, 0) is 62.7 Å². The van der Waals surface area contributed by atoms with Crippen LogP contribution in [-0.4, -0.2) is 37.6 Å². The first kappa shape index (κ1) is 12.8. The second kappa shape index (κ2) is 4.85. The number of hydrogen-bond acceptors (Lipinski definition) is 2. The Morgan fingerprint density at radius 1 is 1.15 bits per heavy atom. The molecule has 2 nitrogen and oxygen atoms in total. The van der Waals surface area contributed by atoms with E-state index in [2.05, 4.69) is 41.4 Å². The van der Waals surface area contributed by atoms with Crippen LogP contribution in [0.3, 0.4) is 0 Å². The molecule has 0 saturated carbocycles. The summed E-state index contributed by atoms with van der Waals surface area (Å²) in [6.45, 7) is 8.62. The highest BCUT2D eigenvalue weighted by Gasteiger charge is 2.52. The van der Waals surface area contributed by atoms with Gasteiger partial charge in [-0.1, -0.05) is 29.8 Å². The van der Waals surface area contributed by atoms with Gasteiger partial charge in [-0.2, -0.15) is 0 Å². The van der Waals surface area contributed by atoms with Crippen molar-refractivity contribution < 1.29 is 0 Å². The van der Waals surface area contributed by atoms with E-state index in [1.807, 2.05) is 0 Å². The first-order valence-electron chi connectivity index (χ1n) is 8.28. The van der Waals surface area contributed by atoms with E-state index in [1.165, 1.54) is 57.5 Å². The van der Waals surface area contributed by atoms with Gasteiger partial charge in [0.25, 0.3) is 0 Å². The van der Waals surface area contributed by atoms with Crippen molar-refractivity contribution in [3.8, 4) is 0 Å². The van der Waals surface area contributed by atoms with Crippen LogP contribution in [0.5, 0.6) is 0 Å². The Labute approximate surface area is 122 Å². The summed E-state index contributed by atoms with van der Waals surface area (Å²) in [5, 5.41) is 3.66. The second-order valence-electron chi connectivity index (χ2n) is 7.20. The van der Waals surface area contributed by atoms with Gasteiger partial charge in [0.1, 0.15) is 0 Å². The molecule has 2 unspecified atom stereocenters. The van der Waals surface area contributed by atoms with E-state index in [9.17, 15) is 0 Å². The fourth-order valence-electron chi connectivity index (χ4n) is 5.08. The molecule has 4 fully saturated rings. The maximum absolute atomic E-state index is 3.66. The van der Waals surface area contributed by atoms with Crippen LogP contribution in [-0.2, 0) is 0 Å². The first-order chi connectivity index (χ1) is 9.78. The molecule has 4 saturated heterocycles. The quantitative estimate of drug-likeness (QED) is 0.844. The minimum absolute atomic E-state index is 0.553. The molecule has 4 aliphatic rings. The Morgan fingerprint density at radius 3 is 2.55 bits per heavy atom. The zero-order valence-electron chi connectivity index (χ0n) is 12.6. The highest BCUT2D eigenvalue weighted by Crippen LogP contribution is 2.53. The molecule has 1 spiro atoms. The molecule has 2 bridgehead atoms. The van der Waals surface area contributed by atoms with Gasteiger partial charge >= 0.3 is 0 Å². The number of piperidine rings is 4. The SMILES string of the molecule is Cc1ccc(C2CNCCC23CN2CCC3CC2)cc1. The smallest absolute Gasteiger partial charge is 0.00475 e. The summed E-state index contributed by atoms with van der Waals surface area (Å²) in [6, 6.07) is 9.34. The molecule has 0 radical (unpaired) electrons. The Bertz CT molecular complexity index is 473. The zero-order chi connectivity index (χ0) is 13.6. The Hall–Kier alpha value is -0.860. The Balaban J connectivity index is 1.71. The van der Waals surface area contributed by atoms with Gasteiger partial charge in [-0.3, -0.25) is 0 Å². The van der Waals surface area contributed by atoms with Crippen molar-refractivity contribution in [2.24, 2.45) is 11.3 Å². The fourth-order valence-corrected chi connectivity index (χ4v) is 5.08. The number of benzene rings is 1. The van der Waals surface area contributed by atoms with E-state index < -0.39 is 0 Å². The lowest BCUT2D eigenvalue weighted by Crippen LogP contribution is -2.60. The van der Waals surface area contributed by atoms with Gasteiger partial charge in [0.05, 0.1) is 0 Å². The van der Waals surface area contributed by atoms with Gasteiger partial charge in [0, 0.05) is 19.0 Å². The molecule has 1 aromatic rings. The lowest BCUT2D eigenvalue weighted by atomic mass is 9.56. The van der Waals surface area contributed by atoms with Crippen molar-refractivity contribution in [2.45, 2.75) is 32.1 Å². The summed E-state index contributed by atoms with van der Waals surface area (Å²) in [7, 11) is 0. The molecule has 4 aliphatic heterocycles. The van der Waals surface area contributed by atoms with E-state index >= 15 is 0 Å². The predicted octanol–water partition coefficient (Wildman–Crippen LogP) is 2.78. The molecule has 0 aromatic heterocycles. The number of nitrogens with zero attached hydrogens (tertiary/aromatic N) is 1. The molecule has 5 rings (SSSR count). The maximum Gasteiger partial charge on any atom is 0.00475 e. The lowest BCUT2D eigenvalue weighted by molar-refractivity contribution is -0.0617. The van der Waals surface area contributed by atoms with E-state index in [1.54, 1.807) is 5.56 Å². The molecule has 0 aliphatic carbocycles. The van der Waals surface area contributed by atoms with E-state index in [4.69, 9.17) is 0 Å². The van der Waals surface area contributed by atoms with Crippen LogP contribution in [0.15, 0.2) is 24.3 Å². The second-order valence-corrected chi connectivity index (χ2v) is 7.20. The van der Waals surface area contributed by atoms with E-state index in [0.717, 1.165) is 5.92 Å². The third kappa shape index (κ3) is 1.93. The van der Waals surface area contributed by atoms with Crippen LogP contribution in [0.25, 0.3) is 0 Å². The molecular formula is C18H26N2. The molecule has 2 heteroatoms. The molecule has 4 heterocycles. The molecule has 1 aromatic carbocycles. The molecule has 2 atom stereocenters. The monoisotopic (exact) mass is 270 g/mol. The normalized spacial score (nSPS) is 40.1. The Kier molecular flexibility index (Phi) is 3.12. The third-order valence-corrected chi connectivity index (χ3v) is 6.21. The van der Waals surface area contributed by atoms with Crippen molar-refractivity contribution in [1.82, 2.24) is 10.2 Å². The highest BCUT2D eigenvalue weighted by atomic mass is 15.2. The zero-order valence-corrected chi connectivity index (χ0v) is 12.6. The first-order valence-corrected chi connectivity index (χ1v) is 8.28. The number of rotatable bonds is 1. The van der Waals surface area contributed by atoms with Gasteiger partial charge in [0.2, 0.25) is 0 Å². The van der Waals surface area contributed by atoms with Crippen molar-refractivity contribution in [3.63, 3.8) is 0 Å². The topological polar surface area (TPSA) is 15.3 Å². The van der Waals surface area contributed by atoms with Gasteiger partial charge < -0.3 is 10.2 Å². The van der Waals surface area contributed by atoms with E-state index in [-0.39, 0.29) is 0 Å². The van der Waals surface area contributed by atoms with Crippen LogP contribution in [0.2, 0.25) is 0 Å². The van der Waals surface area contributed by atoms with Crippen molar-refractivity contribution in [3.05, 3.63) is 35.4 Å². The highest BCUT2D eigenvalue weighted by molar-refractivity contribution is 5.29. The van der Waals surface area contributed by atoms with E-state index in [0.29, 0.717) is 11.3 Å². The number of aryl methyl sites for hydroxylation is 1.